The summed E-state index contributed by atoms with van der Waals surface area (Å²) in [6, 6.07) is 7.24. The fourth-order valence-electron chi connectivity index (χ4n) is 4.10. The van der Waals surface area contributed by atoms with Crippen LogP contribution in [0.25, 0.3) is 0 Å². The summed E-state index contributed by atoms with van der Waals surface area (Å²) in [5, 5.41) is 0.654. The van der Waals surface area contributed by atoms with Gasteiger partial charge in [-0.2, -0.15) is 0 Å². The first-order valence-corrected chi connectivity index (χ1v) is 9.57. The van der Waals surface area contributed by atoms with Crippen LogP contribution in [0.2, 0.25) is 5.02 Å². The zero-order valence-electron chi connectivity index (χ0n) is 15.4. The van der Waals surface area contributed by atoms with Gasteiger partial charge < -0.3 is 4.74 Å². The average molecular weight is 373 g/mol. The van der Waals surface area contributed by atoms with E-state index in [1.165, 1.54) is 5.57 Å². The van der Waals surface area contributed by atoms with E-state index in [1.54, 1.807) is 12.1 Å². The second-order valence-electron chi connectivity index (χ2n) is 7.57. The molecule has 1 unspecified atom stereocenters. The van der Waals surface area contributed by atoms with Crippen molar-refractivity contribution in [2.45, 2.75) is 46.1 Å². The van der Waals surface area contributed by atoms with Gasteiger partial charge in [0, 0.05) is 17.0 Å². The van der Waals surface area contributed by atoms with Crippen molar-refractivity contribution in [1.82, 2.24) is 0 Å². The van der Waals surface area contributed by atoms with Crippen LogP contribution in [0.3, 0.4) is 0 Å². The lowest BCUT2D eigenvalue weighted by molar-refractivity contribution is -0.141. The van der Waals surface area contributed by atoms with E-state index < -0.39 is 0 Å². The molecule has 0 spiro atoms. The highest BCUT2D eigenvalue weighted by atomic mass is 35.5. The third-order valence-electron chi connectivity index (χ3n) is 5.91. The molecular weight excluding hydrogens is 348 g/mol. The van der Waals surface area contributed by atoms with E-state index in [1.807, 2.05) is 19.1 Å². The van der Waals surface area contributed by atoms with Gasteiger partial charge in [0.25, 0.3) is 0 Å². The largest absolute Gasteiger partial charge is 0.457 e. The first-order valence-electron chi connectivity index (χ1n) is 9.20. The van der Waals surface area contributed by atoms with Crippen LogP contribution in [-0.4, -0.2) is 11.8 Å². The zero-order valence-corrected chi connectivity index (χ0v) is 16.1. The van der Waals surface area contributed by atoms with Crippen LogP contribution in [0.4, 0.5) is 0 Å². The molecule has 3 atom stereocenters. The fraction of sp³-hybridized carbons (Fsp3) is 0.455. The Balaban J connectivity index is 1.65. The molecule has 0 aliphatic heterocycles. The molecule has 0 heterocycles. The smallest absolute Gasteiger partial charge is 0.334 e. The third-order valence-corrected chi connectivity index (χ3v) is 6.17. The Kier molecular flexibility index (Phi) is 5.67. The summed E-state index contributed by atoms with van der Waals surface area (Å²) in [7, 11) is 0. The number of Topliss-reactive ketones (excluding diaryl/α,β-unsaturated/α-hetero) is 1. The van der Waals surface area contributed by atoms with Crippen LogP contribution in [0.15, 0.2) is 47.6 Å². The summed E-state index contributed by atoms with van der Waals surface area (Å²) < 4.78 is 5.45. The maximum Gasteiger partial charge on any atom is 0.334 e. The fourth-order valence-corrected chi connectivity index (χ4v) is 4.23. The molecule has 2 aliphatic rings. The first-order chi connectivity index (χ1) is 12.4. The van der Waals surface area contributed by atoms with Gasteiger partial charge in [-0.1, -0.05) is 42.8 Å². The van der Waals surface area contributed by atoms with Gasteiger partial charge in [-0.15, -0.1) is 0 Å². The lowest BCUT2D eigenvalue weighted by atomic mass is 9.86. The summed E-state index contributed by atoms with van der Waals surface area (Å²) >= 11 is 5.87. The van der Waals surface area contributed by atoms with Crippen LogP contribution in [-0.2, 0) is 20.9 Å². The van der Waals surface area contributed by atoms with E-state index in [0.29, 0.717) is 28.9 Å². The maximum absolute atomic E-state index is 12.5. The Morgan fingerprint density at radius 2 is 1.92 bits per heavy atom. The molecule has 138 valence electrons. The van der Waals surface area contributed by atoms with E-state index in [4.69, 9.17) is 16.3 Å². The molecular formula is C22H25ClO3. The molecule has 0 aromatic heterocycles. The van der Waals surface area contributed by atoms with Crippen LogP contribution >= 0.6 is 11.6 Å². The van der Waals surface area contributed by atoms with Crippen LogP contribution in [0, 0.1) is 17.8 Å². The van der Waals surface area contributed by atoms with Crippen molar-refractivity contribution >= 4 is 23.4 Å². The van der Waals surface area contributed by atoms with Crippen molar-refractivity contribution < 1.29 is 14.3 Å². The number of ketones is 1. The standard InChI is InChI=1S/C22H25ClO3/c1-13-4-7-17(10-20-15(3)21(24)11-19(13)20)14(2)22(25)26-12-16-5-8-18(23)9-6-16/h5-6,8-9,13,17,19H,2,4,7,10-12H2,1,3H3/t13?,17-,19-/m0/s1. The van der Waals surface area contributed by atoms with Gasteiger partial charge in [0.05, 0.1) is 0 Å². The molecule has 0 N–H and O–H groups in total. The third kappa shape index (κ3) is 3.93. The van der Waals surface area contributed by atoms with Gasteiger partial charge in [0.2, 0.25) is 0 Å². The number of rotatable bonds is 4. The SMILES string of the molecule is C=C(C(=O)OCc1ccc(Cl)cc1)[C@H]1CCC(C)[C@@H]2CC(=O)C(C)=C2C1. The highest BCUT2D eigenvalue weighted by Gasteiger charge is 2.38. The normalized spacial score (nSPS) is 25.7. The van der Waals surface area contributed by atoms with Crippen molar-refractivity contribution in [3.63, 3.8) is 0 Å². The Morgan fingerprint density at radius 3 is 2.62 bits per heavy atom. The molecule has 0 bridgehead atoms. The minimum Gasteiger partial charge on any atom is -0.457 e. The van der Waals surface area contributed by atoms with E-state index in [-0.39, 0.29) is 24.3 Å². The number of halogens is 1. The number of esters is 1. The van der Waals surface area contributed by atoms with E-state index >= 15 is 0 Å². The molecule has 0 saturated heterocycles. The number of carbonyl (C=O) groups is 2. The first kappa shape index (κ1) is 18.9. The van der Waals surface area contributed by atoms with Crippen molar-refractivity contribution in [2.75, 3.05) is 0 Å². The predicted octanol–water partition coefficient (Wildman–Crippen LogP) is 5.28. The number of ether oxygens (including phenoxy) is 1. The van der Waals surface area contributed by atoms with Gasteiger partial charge in [0.15, 0.2) is 5.78 Å². The number of fused-ring (bicyclic) bond motifs is 1. The lowest BCUT2D eigenvalue weighted by Crippen LogP contribution is -2.15. The number of hydrogen-bond donors (Lipinski definition) is 0. The Bertz CT molecular complexity index is 760. The summed E-state index contributed by atoms with van der Waals surface area (Å²) in [6.45, 7) is 8.37. The summed E-state index contributed by atoms with van der Waals surface area (Å²) in [5.74, 6) is 0.766. The summed E-state index contributed by atoms with van der Waals surface area (Å²) in [4.78, 5) is 24.6. The molecule has 1 saturated carbocycles. The lowest BCUT2D eigenvalue weighted by Gasteiger charge is -2.19. The Morgan fingerprint density at radius 1 is 1.23 bits per heavy atom. The molecule has 0 radical (unpaired) electrons. The number of allylic oxidation sites excluding steroid dienone is 2. The highest BCUT2D eigenvalue weighted by molar-refractivity contribution is 6.30. The summed E-state index contributed by atoms with van der Waals surface area (Å²) in [5.41, 5.74) is 3.55. The molecule has 4 heteroatoms. The monoisotopic (exact) mass is 372 g/mol. The number of carbonyl (C=O) groups excluding carboxylic acids is 2. The minimum atomic E-state index is -0.348. The number of benzene rings is 1. The van der Waals surface area contributed by atoms with E-state index in [0.717, 1.165) is 30.4 Å². The molecule has 26 heavy (non-hydrogen) atoms. The Labute approximate surface area is 160 Å². The summed E-state index contributed by atoms with van der Waals surface area (Å²) in [6.07, 6.45) is 3.30. The topological polar surface area (TPSA) is 43.4 Å². The van der Waals surface area contributed by atoms with E-state index in [2.05, 4.69) is 13.5 Å². The van der Waals surface area contributed by atoms with Crippen molar-refractivity contribution in [1.29, 1.82) is 0 Å². The second kappa shape index (κ2) is 7.79. The predicted molar refractivity (Wildman–Crippen MR) is 103 cm³/mol. The van der Waals surface area contributed by atoms with Crippen LogP contribution in [0.5, 0.6) is 0 Å². The molecule has 1 aromatic rings. The minimum absolute atomic E-state index is 0.0519. The number of hydrogen-bond acceptors (Lipinski definition) is 3. The molecule has 1 aromatic carbocycles. The van der Waals surface area contributed by atoms with Crippen LogP contribution < -0.4 is 0 Å². The maximum atomic E-state index is 12.5. The quantitative estimate of drug-likeness (QED) is 0.533. The van der Waals surface area contributed by atoms with Gasteiger partial charge in [-0.05, 0) is 67.2 Å². The van der Waals surface area contributed by atoms with Gasteiger partial charge >= 0.3 is 5.97 Å². The highest BCUT2D eigenvalue weighted by Crippen LogP contribution is 2.45. The van der Waals surface area contributed by atoms with Gasteiger partial charge in [-0.3, -0.25) is 4.79 Å². The second-order valence-corrected chi connectivity index (χ2v) is 8.00. The van der Waals surface area contributed by atoms with Gasteiger partial charge in [-0.25, -0.2) is 4.79 Å². The van der Waals surface area contributed by atoms with Crippen molar-refractivity contribution in [3.8, 4) is 0 Å². The molecule has 0 amide bonds. The Hall–Kier alpha value is -1.87. The molecule has 3 rings (SSSR count). The molecule has 3 nitrogen and oxygen atoms in total. The zero-order chi connectivity index (χ0) is 18.8. The average Bonchev–Trinajstić information content (AvgIpc) is 2.81. The van der Waals surface area contributed by atoms with Crippen molar-refractivity contribution in [3.05, 3.63) is 58.1 Å². The van der Waals surface area contributed by atoms with E-state index in [9.17, 15) is 9.59 Å². The molecule has 2 aliphatic carbocycles. The van der Waals surface area contributed by atoms with Crippen molar-refractivity contribution in [2.24, 2.45) is 17.8 Å². The molecule has 1 fully saturated rings. The van der Waals surface area contributed by atoms with Crippen LogP contribution in [0.1, 0.15) is 45.1 Å². The van der Waals surface area contributed by atoms with Gasteiger partial charge in [0.1, 0.15) is 6.61 Å².